The van der Waals surface area contributed by atoms with Crippen LogP contribution < -0.4 is 5.32 Å². The first kappa shape index (κ1) is 9.52. The highest BCUT2D eigenvalue weighted by Gasteiger charge is 2.31. The van der Waals surface area contributed by atoms with Crippen molar-refractivity contribution < 1.29 is 9.53 Å². The van der Waals surface area contributed by atoms with Crippen molar-refractivity contribution in [2.24, 2.45) is 5.41 Å². The van der Waals surface area contributed by atoms with Crippen molar-refractivity contribution in [3.05, 3.63) is 0 Å². The molecule has 0 saturated carbocycles. The number of hydrogen-bond acceptors (Lipinski definition) is 3. The molecule has 0 aromatic carbocycles. The maximum absolute atomic E-state index is 11.0. The second-order valence-electron chi connectivity index (χ2n) is 3.72. The van der Waals surface area contributed by atoms with Crippen LogP contribution in [0, 0.1) is 5.41 Å². The third-order valence-corrected chi connectivity index (χ3v) is 2.34. The summed E-state index contributed by atoms with van der Waals surface area (Å²) in [5.74, 6) is -0.0642. The lowest BCUT2D eigenvalue weighted by Crippen LogP contribution is -2.51. The molecular weight excluding hydrogens is 154 g/mol. The van der Waals surface area contributed by atoms with Crippen LogP contribution in [0.3, 0.4) is 0 Å². The molecule has 1 fully saturated rings. The van der Waals surface area contributed by atoms with Crippen LogP contribution in [0.5, 0.6) is 0 Å². The molecular formula is C9H17NO2. The largest absolute Gasteiger partial charge is 0.466 e. The Kier molecular flexibility index (Phi) is 3.09. The van der Waals surface area contributed by atoms with Gasteiger partial charge in [0.05, 0.1) is 6.61 Å². The van der Waals surface area contributed by atoms with Crippen LogP contribution in [0.2, 0.25) is 0 Å². The highest BCUT2D eigenvalue weighted by atomic mass is 16.5. The smallest absolute Gasteiger partial charge is 0.305 e. The second kappa shape index (κ2) is 3.90. The summed E-state index contributed by atoms with van der Waals surface area (Å²) >= 11 is 0. The molecule has 1 N–H and O–H groups in total. The maximum atomic E-state index is 11.0. The first-order chi connectivity index (χ1) is 5.66. The maximum Gasteiger partial charge on any atom is 0.305 e. The van der Waals surface area contributed by atoms with Gasteiger partial charge in [-0.1, -0.05) is 6.92 Å². The van der Waals surface area contributed by atoms with E-state index in [0.717, 1.165) is 19.5 Å². The summed E-state index contributed by atoms with van der Waals surface area (Å²) in [5.41, 5.74) is 0.340. The van der Waals surface area contributed by atoms with E-state index in [1.165, 1.54) is 0 Å². The molecule has 70 valence electrons. The van der Waals surface area contributed by atoms with Crippen LogP contribution in [0.4, 0.5) is 0 Å². The molecule has 3 heteroatoms. The fraction of sp³-hybridized carbons (Fsp3) is 0.889. The Hall–Kier alpha value is -0.570. The predicted molar refractivity (Wildman–Crippen MR) is 46.8 cm³/mol. The van der Waals surface area contributed by atoms with E-state index in [9.17, 15) is 4.79 Å². The number of hydrogen-bond donors (Lipinski definition) is 1. The fourth-order valence-corrected chi connectivity index (χ4v) is 1.37. The zero-order chi connectivity index (χ0) is 9.03. The van der Waals surface area contributed by atoms with E-state index in [0.29, 0.717) is 18.4 Å². The number of carbonyl (C=O) groups excluding carboxylic acids is 1. The zero-order valence-electron chi connectivity index (χ0n) is 7.85. The molecule has 0 unspecified atom stereocenters. The number of esters is 1. The second-order valence-corrected chi connectivity index (χ2v) is 3.72. The number of carbonyl (C=O) groups is 1. The molecule has 0 atom stereocenters. The van der Waals surface area contributed by atoms with Gasteiger partial charge in [-0.3, -0.25) is 4.79 Å². The molecule has 0 spiro atoms. The van der Waals surface area contributed by atoms with Gasteiger partial charge in [0.1, 0.15) is 0 Å². The molecule has 3 nitrogen and oxygen atoms in total. The predicted octanol–water partition coefficient (Wildman–Crippen LogP) is 0.939. The number of nitrogens with one attached hydrogen (secondary N) is 1. The minimum atomic E-state index is -0.0642. The standard InChI is InChI=1S/C9H17NO2/c1-3-12-8(11)4-5-9(2)6-10-7-9/h10H,3-7H2,1-2H3. The van der Waals surface area contributed by atoms with Gasteiger partial charge in [-0.05, 0) is 18.8 Å². The van der Waals surface area contributed by atoms with Crippen LogP contribution in [0.15, 0.2) is 0 Å². The van der Waals surface area contributed by atoms with E-state index in [4.69, 9.17) is 4.74 Å². The summed E-state index contributed by atoms with van der Waals surface area (Å²) in [4.78, 5) is 11.0. The Morgan fingerprint density at radius 1 is 1.58 bits per heavy atom. The van der Waals surface area contributed by atoms with Gasteiger partial charge in [0.25, 0.3) is 0 Å². The van der Waals surface area contributed by atoms with Gasteiger partial charge in [0.2, 0.25) is 0 Å². The van der Waals surface area contributed by atoms with Crippen LogP contribution in [0.25, 0.3) is 0 Å². The first-order valence-corrected chi connectivity index (χ1v) is 4.53. The molecule has 0 radical (unpaired) electrons. The van der Waals surface area contributed by atoms with Crippen molar-refractivity contribution in [2.75, 3.05) is 19.7 Å². The molecule has 0 aromatic rings. The van der Waals surface area contributed by atoms with E-state index in [1.807, 2.05) is 6.92 Å². The van der Waals surface area contributed by atoms with Crippen LogP contribution in [-0.4, -0.2) is 25.7 Å². The van der Waals surface area contributed by atoms with Crippen LogP contribution >= 0.6 is 0 Å². The molecule has 1 heterocycles. The van der Waals surface area contributed by atoms with Crippen molar-refractivity contribution in [3.63, 3.8) is 0 Å². The summed E-state index contributed by atoms with van der Waals surface area (Å²) in [5, 5.41) is 3.21. The fourth-order valence-electron chi connectivity index (χ4n) is 1.37. The van der Waals surface area contributed by atoms with E-state index in [1.54, 1.807) is 0 Å². The molecule has 0 aliphatic carbocycles. The minimum absolute atomic E-state index is 0.0642. The highest BCUT2D eigenvalue weighted by molar-refractivity contribution is 5.69. The molecule has 1 saturated heterocycles. The Balaban J connectivity index is 2.12. The molecule has 0 aromatic heterocycles. The Morgan fingerprint density at radius 2 is 2.25 bits per heavy atom. The quantitative estimate of drug-likeness (QED) is 0.640. The summed E-state index contributed by atoms with van der Waals surface area (Å²) < 4.78 is 4.85. The normalized spacial score (nSPS) is 19.8. The number of rotatable bonds is 4. The summed E-state index contributed by atoms with van der Waals surface area (Å²) in [6.45, 7) is 6.60. The first-order valence-electron chi connectivity index (χ1n) is 4.53. The van der Waals surface area contributed by atoms with Gasteiger partial charge >= 0.3 is 5.97 Å². The summed E-state index contributed by atoms with van der Waals surface area (Å²) in [7, 11) is 0. The lowest BCUT2D eigenvalue weighted by Gasteiger charge is -2.39. The lowest BCUT2D eigenvalue weighted by molar-refractivity contribution is -0.143. The van der Waals surface area contributed by atoms with Crippen LogP contribution in [0.1, 0.15) is 26.7 Å². The van der Waals surface area contributed by atoms with Gasteiger partial charge < -0.3 is 10.1 Å². The molecule has 12 heavy (non-hydrogen) atoms. The summed E-state index contributed by atoms with van der Waals surface area (Å²) in [6.07, 6.45) is 1.50. The van der Waals surface area contributed by atoms with E-state index in [-0.39, 0.29) is 5.97 Å². The van der Waals surface area contributed by atoms with Crippen molar-refractivity contribution in [2.45, 2.75) is 26.7 Å². The highest BCUT2D eigenvalue weighted by Crippen LogP contribution is 2.27. The van der Waals surface area contributed by atoms with Crippen molar-refractivity contribution in [1.82, 2.24) is 5.32 Å². The van der Waals surface area contributed by atoms with E-state index in [2.05, 4.69) is 12.2 Å². The zero-order valence-corrected chi connectivity index (χ0v) is 7.85. The average molecular weight is 171 g/mol. The van der Waals surface area contributed by atoms with E-state index >= 15 is 0 Å². The Bertz CT molecular complexity index is 164. The van der Waals surface area contributed by atoms with E-state index < -0.39 is 0 Å². The van der Waals surface area contributed by atoms with Crippen molar-refractivity contribution in [3.8, 4) is 0 Å². The Morgan fingerprint density at radius 3 is 2.67 bits per heavy atom. The molecule has 0 amide bonds. The molecule has 1 aliphatic rings. The van der Waals surface area contributed by atoms with Gasteiger partial charge in [-0.15, -0.1) is 0 Å². The minimum Gasteiger partial charge on any atom is -0.466 e. The van der Waals surface area contributed by atoms with Crippen molar-refractivity contribution in [1.29, 1.82) is 0 Å². The molecule has 0 bridgehead atoms. The van der Waals surface area contributed by atoms with Gasteiger partial charge in [-0.2, -0.15) is 0 Å². The third kappa shape index (κ3) is 2.48. The molecule has 1 aliphatic heterocycles. The third-order valence-electron chi connectivity index (χ3n) is 2.34. The van der Waals surface area contributed by atoms with Crippen molar-refractivity contribution >= 4 is 5.97 Å². The Labute approximate surface area is 73.5 Å². The van der Waals surface area contributed by atoms with Gasteiger partial charge in [-0.25, -0.2) is 0 Å². The van der Waals surface area contributed by atoms with Gasteiger partial charge in [0.15, 0.2) is 0 Å². The monoisotopic (exact) mass is 171 g/mol. The average Bonchev–Trinajstić information content (AvgIpc) is 1.98. The SMILES string of the molecule is CCOC(=O)CCC1(C)CNC1. The number of ether oxygens (including phenoxy) is 1. The molecule has 1 rings (SSSR count). The van der Waals surface area contributed by atoms with Gasteiger partial charge in [0, 0.05) is 19.5 Å². The summed E-state index contributed by atoms with van der Waals surface area (Å²) in [6, 6.07) is 0. The lowest BCUT2D eigenvalue weighted by atomic mass is 9.80. The van der Waals surface area contributed by atoms with Crippen LogP contribution in [-0.2, 0) is 9.53 Å². The topological polar surface area (TPSA) is 38.3 Å².